The monoisotopic (exact) mass is 502 g/mol. The molecule has 0 aromatic heterocycles. The lowest BCUT2D eigenvalue weighted by molar-refractivity contribution is -0.118. The molecule has 0 bridgehead atoms. The van der Waals surface area contributed by atoms with Crippen molar-refractivity contribution in [3.63, 3.8) is 0 Å². The van der Waals surface area contributed by atoms with Crippen molar-refractivity contribution < 1.29 is 21.6 Å². The topological polar surface area (TPSA) is 123 Å². The number of benzene rings is 3. The molecule has 3 N–H and O–H groups in total. The van der Waals surface area contributed by atoms with Crippen molar-refractivity contribution >= 4 is 37.7 Å². The maximum absolute atomic E-state index is 12.0. The molecule has 0 aliphatic carbocycles. The second-order valence-corrected chi connectivity index (χ2v) is 12.2. The van der Waals surface area contributed by atoms with Gasteiger partial charge < -0.3 is 0 Å². The molecule has 4 rings (SSSR count). The van der Waals surface area contributed by atoms with Crippen molar-refractivity contribution in [3.8, 4) is 11.1 Å². The summed E-state index contributed by atoms with van der Waals surface area (Å²) in [7, 11) is -7.38. The lowest BCUT2D eigenvalue weighted by atomic mass is 10.0. The second-order valence-electron chi connectivity index (χ2n) is 7.77. The van der Waals surface area contributed by atoms with Crippen molar-refractivity contribution in [3.05, 3.63) is 89.5 Å². The first kappa shape index (κ1) is 23.5. The third-order valence-corrected chi connectivity index (χ3v) is 9.03. The van der Waals surface area contributed by atoms with Gasteiger partial charge in [-0.1, -0.05) is 60.7 Å². The number of carbonyl (C=O) groups excluding carboxylic acids is 1. The van der Waals surface area contributed by atoms with Gasteiger partial charge in [0.2, 0.25) is 26.0 Å². The van der Waals surface area contributed by atoms with Crippen molar-refractivity contribution in [2.75, 3.05) is 0 Å². The van der Waals surface area contributed by atoms with Gasteiger partial charge in [0.25, 0.3) is 0 Å². The third kappa shape index (κ3) is 5.64. The number of primary sulfonamides is 1. The van der Waals surface area contributed by atoms with Gasteiger partial charge in [-0.2, -0.15) is 11.8 Å². The van der Waals surface area contributed by atoms with E-state index in [-0.39, 0.29) is 11.3 Å². The molecule has 1 heterocycles. The Labute approximate surface area is 197 Å². The molecule has 0 spiro atoms. The first-order valence-electron chi connectivity index (χ1n) is 10.0. The zero-order valence-corrected chi connectivity index (χ0v) is 19.9. The summed E-state index contributed by atoms with van der Waals surface area (Å²) in [5.41, 5.74) is 4.49. The molecule has 1 aliphatic heterocycles. The van der Waals surface area contributed by atoms with Crippen molar-refractivity contribution in [2.45, 2.75) is 28.1 Å². The summed E-state index contributed by atoms with van der Waals surface area (Å²) >= 11 is 1.72. The summed E-state index contributed by atoms with van der Waals surface area (Å²) in [6, 6.07) is 21.8. The molecule has 10 heteroatoms. The first-order chi connectivity index (χ1) is 15.6. The first-order valence-corrected chi connectivity index (χ1v) is 14.3. The minimum absolute atomic E-state index is 0.0429. The van der Waals surface area contributed by atoms with Gasteiger partial charge in [-0.15, -0.1) is 0 Å². The SMILES string of the molecule is NS(=O)(=O)c1cccc(-c2ccc(CSCc3ccc(C4CC(=O)NS4(=O)=O)cc3)cc2)c1. The highest BCUT2D eigenvalue weighted by molar-refractivity contribution is 7.97. The molecule has 33 heavy (non-hydrogen) atoms. The quantitative estimate of drug-likeness (QED) is 0.511. The van der Waals surface area contributed by atoms with Gasteiger partial charge in [-0.25, -0.2) is 22.0 Å². The van der Waals surface area contributed by atoms with Gasteiger partial charge in [0.05, 0.1) is 11.3 Å². The number of rotatable bonds is 7. The normalized spacial score (nSPS) is 17.6. The van der Waals surface area contributed by atoms with Crippen LogP contribution < -0.4 is 9.86 Å². The number of nitrogens with two attached hydrogens (primary N) is 1. The van der Waals surface area contributed by atoms with Crippen LogP contribution in [0.2, 0.25) is 0 Å². The minimum Gasteiger partial charge on any atom is -0.274 e. The van der Waals surface area contributed by atoms with E-state index in [1.165, 1.54) is 6.07 Å². The smallest absolute Gasteiger partial charge is 0.242 e. The van der Waals surface area contributed by atoms with Gasteiger partial charge in [0, 0.05) is 11.5 Å². The van der Waals surface area contributed by atoms with Crippen LogP contribution in [0.1, 0.15) is 28.4 Å². The van der Waals surface area contributed by atoms with E-state index in [1.807, 2.05) is 47.2 Å². The van der Waals surface area contributed by atoms with Crippen LogP contribution >= 0.6 is 11.8 Å². The van der Waals surface area contributed by atoms with Crippen LogP contribution in [0.3, 0.4) is 0 Å². The molecular formula is C23H22N2O5S3. The highest BCUT2D eigenvalue weighted by Crippen LogP contribution is 2.31. The fraction of sp³-hybridized carbons (Fsp3) is 0.174. The fourth-order valence-corrected chi connectivity index (χ4v) is 6.55. The number of hydrogen-bond donors (Lipinski definition) is 2. The standard InChI is InChI=1S/C23H22N2O5S3/c24-32(27,28)21-3-1-2-20(12-21)18-8-4-16(5-9-18)14-31-15-17-6-10-19(11-7-17)22-13-23(26)25-33(22,29)30/h1-12,22H,13-15H2,(H,25,26)(H2,24,27,28). The van der Waals surface area contributed by atoms with E-state index < -0.39 is 31.2 Å². The number of nitrogens with one attached hydrogen (secondary N) is 1. The van der Waals surface area contributed by atoms with E-state index >= 15 is 0 Å². The molecule has 1 atom stereocenters. The zero-order valence-electron chi connectivity index (χ0n) is 17.5. The maximum atomic E-state index is 12.0. The van der Waals surface area contributed by atoms with E-state index in [4.69, 9.17) is 5.14 Å². The number of sulfonamides is 2. The van der Waals surface area contributed by atoms with E-state index in [0.29, 0.717) is 5.56 Å². The predicted octanol–water partition coefficient (Wildman–Crippen LogP) is 3.33. The maximum Gasteiger partial charge on any atom is 0.242 e. The molecule has 1 saturated heterocycles. The van der Waals surface area contributed by atoms with Crippen molar-refractivity contribution in [1.29, 1.82) is 0 Å². The summed E-state index contributed by atoms with van der Waals surface area (Å²) in [5, 5.41) is 4.39. The molecule has 172 valence electrons. The van der Waals surface area contributed by atoms with Crippen LogP contribution in [-0.2, 0) is 36.3 Å². The summed E-state index contributed by atoms with van der Waals surface area (Å²) in [6.07, 6.45) is -0.0429. The Balaban J connectivity index is 1.35. The molecule has 1 unspecified atom stereocenters. The number of amides is 1. The Bertz CT molecular complexity index is 1380. The van der Waals surface area contributed by atoms with Gasteiger partial charge in [-0.05, 0) is 39.9 Å². The Hall–Kier alpha value is -2.66. The summed E-state index contributed by atoms with van der Waals surface area (Å²) in [6.45, 7) is 0. The van der Waals surface area contributed by atoms with Crippen LogP contribution in [0, 0.1) is 0 Å². The average molecular weight is 503 g/mol. The van der Waals surface area contributed by atoms with Gasteiger partial charge in [-0.3, -0.25) is 9.52 Å². The summed E-state index contributed by atoms with van der Waals surface area (Å²) in [5.74, 6) is 1.07. The highest BCUT2D eigenvalue weighted by Gasteiger charge is 2.37. The Kier molecular flexibility index (Phi) is 6.62. The molecule has 1 fully saturated rings. The van der Waals surface area contributed by atoms with E-state index in [2.05, 4.69) is 0 Å². The van der Waals surface area contributed by atoms with Crippen LogP contribution in [0.4, 0.5) is 0 Å². The molecule has 0 radical (unpaired) electrons. The molecule has 3 aromatic carbocycles. The van der Waals surface area contributed by atoms with Crippen LogP contribution in [0.15, 0.2) is 77.7 Å². The number of thioether (sulfide) groups is 1. The number of carbonyl (C=O) groups is 1. The molecule has 0 saturated carbocycles. The highest BCUT2D eigenvalue weighted by atomic mass is 32.2. The fourth-order valence-electron chi connectivity index (χ4n) is 3.61. The number of hydrogen-bond acceptors (Lipinski definition) is 6. The Morgan fingerprint density at radius 3 is 2.06 bits per heavy atom. The molecule has 3 aromatic rings. The van der Waals surface area contributed by atoms with Crippen molar-refractivity contribution in [1.82, 2.24) is 4.72 Å². The third-order valence-electron chi connectivity index (χ3n) is 5.34. The lowest BCUT2D eigenvalue weighted by Gasteiger charge is -2.09. The zero-order chi connectivity index (χ0) is 23.6. The largest absolute Gasteiger partial charge is 0.274 e. The minimum atomic E-state index is -3.75. The molecular weight excluding hydrogens is 480 g/mol. The molecule has 1 amide bonds. The van der Waals surface area contributed by atoms with E-state index in [0.717, 1.165) is 33.8 Å². The van der Waals surface area contributed by atoms with E-state index in [1.54, 1.807) is 36.0 Å². The molecule has 1 aliphatic rings. The van der Waals surface area contributed by atoms with Gasteiger partial charge in [0.1, 0.15) is 5.25 Å². The lowest BCUT2D eigenvalue weighted by Crippen LogP contribution is -2.21. The average Bonchev–Trinajstić information content (AvgIpc) is 3.06. The van der Waals surface area contributed by atoms with Crippen LogP contribution in [0.25, 0.3) is 11.1 Å². The van der Waals surface area contributed by atoms with Crippen LogP contribution in [0.5, 0.6) is 0 Å². The predicted molar refractivity (Wildman–Crippen MR) is 129 cm³/mol. The van der Waals surface area contributed by atoms with Crippen molar-refractivity contribution in [2.24, 2.45) is 5.14 Å². The second kappa shape index (κ2) is 9.30. The molecule has 7 nitrogen and oxygen atoms in total. The van der Waals surface area contributed by atoms with Crippen LogP contribution in [-0.4, -0.2) is 22.7 Å². The Morgan fingerprint density at radius 2 is 1.52 bits per heavy atom. The Morgan fingerprint density at radius 1 is 0.909 bits per heavy atom. The van der Waals surface area contributed by atoms with E-state index in [9.17, 15) is 21.6 Å². The van der Waals surface area contributed by atoms with Gasteiger partial charge >= 0.3 is 0 Å². The van der Waals surface area contributed by atoms with Gasteiger partial charge in [0.15, 0.2) is 0 Å². The summed E-state index contributed by atoms with van der Waals surface area (Å²) < 4.78 is 49.1. The summed E-state index contributed by atoms with van der Waals surface area (Å²) in [4.78, 5) is 11.5.